The van der Waals surface area contributed by atoms with E-state index in [1.807, 2.05) is 13.8 Å². The summed E-state index contributed by atoms with van der Waals surface area (Å²) in [6.45, 7) is 5.97. The smallest absolute Gasteiger partial charge is 0.0710 e. The number of rotatable bonds is 4. The maximum absolute atomic E-state index is 9.82. The molecule has 1 atom stereocenters. The number of aliphatic hydroxyl groups is 1. The van der Waals surface area contributed by atoms with Gasteiger partial charge in [0.25, 0.3) is 0 Å². The van der Waals surface area contributed by atoms with Crippen molar-refractivity contribution < 1.29 is 5.11 Å². The predicted octanol–water partition coefficient (Wildman–Crippen LogP) is 3.25. The summed E-state index contributed by atoms with van der Waals surface area (Å²) in [7, 11) is 0. The first-order chi connectivity index (χ1) is 6.53. The van der Waals surface area contributed by atoms with Gasteiger partial charge in [-0.2, -0.15) is 0 Å². The molecule has 1 rings (SSSR count). The van der Waals surface area contributed by atoms with Crippen molar-refractivity contribution in [3.8, 4) is 0 Å². The predicted molar refractivity (Wildman–Crippen MR) is 62.8 cm³/mol. The topological polar surface area (TPSA) is 20.2 Å². The Hall–Kier alpha value is -0.470. The SMILES string of the molecule is CCC(C)(O)CSc1ccc(C)cc1. The molecule has 1 aromatic carbocycles. The molecule has 0 saturated heterocycles. The molecule has 2 heteroatoms. The van der Waals surface area contributed by atoms with Gasteiger partial charge in [0.2, 0.25) is 0 Å². The van der Waals surface area contributed by atoms with Gasteiger partial charge in [-0.3, -0.25) is 0 Å². The minimum Gasteiger partial charge on any atom is -0.389 e. The van der Waals surface area contributed by atoms with Crippen molar-refractivity contribution in [2.45, 2.75) is 37.7 Å². The Bertz CT molecular complexity index is 277. The zero-order chi connectivity index (χ0) is 10.6. The molecule has 78 valence electrons. The van der Waals surface area contributed by atoms with Crippen LogP contribution in [0.3, 0.4) is 0 Å². The maximum atomic E-state index is 9.82. The molecule has 1 N–H and O–H groups in total. The number of benzene rings is 1. The summed E-state index contributed by atoms with van der Waals surface area (Å²) in [5, 5.41) is 9.82. The summed E-state index contributed by atoms with van der Waals surface area (Å²) >= 11 is 1.71. The van der Waals surface area contributed by atoms with E-state index >= 15 is 0 Å². The molecule has 0 amide bonds. The largest absolute Gasteiger partial charge is 0.389 e. The molecule has 0 spiro atoms. The van der Waals surface area contributed by atoms with Crippen LogP contribution >= 0.6 is 11.8 Å². The van der Waals surface area contributed by atoms with Crippen LogP contribution in [0.1, 0.15) is 25.8 Å². The van der Waals surface area contributed by atoms with Crippen molar-refractivity contribution in [3.05, 3.63) is 29.8 Å². The molecular formula is C12H18OS. The Morgan fingerprint density at radius 3 is 2.36 bits per heavy atom. The molecule has 0 aromatic heterocycles. The van der Waals surface area contributed by atoms with E-state index in [4.69, 9.17) is 0 Å². The highest BCUT2D eigenvalue weighted by atomic mass is 32.2. The first-order valence-corrected chi connectivity index (χ1v) is 5.94. The van der Waals surface area contributed by atoms with Crippen molar-refractivity contribution in [1.82, 2.24) is 0 Å². The van der Waals surface area contributed by atoms with Gasteiger partial charge >= 0.3 is 0 Å². The summed E-state index contributed by atoms with van der Waals surface area (Å²) < 4.78 is 0. The third-order valence-electron chi connectivity index (χ3n) is 2.33. The molecule has 0 aliphatic carbocycles. The fourth-order valence-electron chi connectivity index (χ4n) is 0.975. The molecule has 0 saturated carbocycles. The highest BCUT2D eigenvalue weighted by Crippen LogP contribution is 2.24. The van der Waals surface area contributed by atoms with Gasteiger partial charge in [-0.1, -0.05) is 24.6 Å². The third kappa shape index (κ3) is 3.72. The Kier molecular flexibility index (Phi) is 4.02. The molecular weight excluding hydrogens is 192 g/mol. The van der Waals surface area contributed by atoms with Crippen LogP contribution in [0.15, 0.2) is 29.2 Å². The molecule has 0 radical (unpaired) electrons. The van der Waals surface area contributed by atoms with Crippen LogP contribution in [0.5, 0.6) is 0 Å². The molecule has 0 heterocycles. The van der Waals surface area contributed by atoms with Gasteiger partial charge in [0.05, 0.1) is 5.60 Å². The average Bonchev–Trinajstić information content (AvgIpc) is 2.17. The summed E-state index contributed by atoms with van der Waals surface area (Å²) in [4.78, 5) is 1.23. The first kappa shape index (κ1) is 11.6. The van der Waals surface area contributed by atoms with Gasteiger partial charge < -0.3 is 5.11 Å². The van der Waals surface area contributed by atoms with E-state index in [0.717, 1.165) is 12.2 Å². The van der Waals surface area contributed by atoms with Crippen molar-refractivity contribution in [2.75, 3.05) is 5.75 Å². The Morgan fingerprint density at radius 1 is 1.29 bits per heavy atom. The fourth-order valence-corrected chi connectivity index (χ4v) is 1.99. The van der Waals surface area contributed by atoms with Gasteiger partial charge in [0.1, 0.15) is 0 Å². The van der Waals surface area contributed by atoms with E-state index in [0.29, 0.717) is 0 Å². The van der Waals surface area contributed by atoms with E-state index in [9.17, 15) is 5.11 Å². The summed E-state index contributed by atoms with van der Waals surface area (Å²) in [5.41, 5.74) is 0.729. The fraction of sp³-hybridized carbons (Fsp3) is 0.500. The van der Waals surface area contributed by atoms with Crippen LogP contribution in [0.4, 0.5) is 0 Å². The summed E-state index contributed by atoms with van der Waals surface area (Å²) in [6.07, 6.45) is 0.797. The van der Waals surface area contributed by atoms with Crippen LogP contribution in [-0.4, -0.2) is 16.5 Å². The van der Waals surface area contributed by atoms with Crippen molar-refractivity contribution >= 4 is 11.8 Å². The molecule has 0 fully saturated rings. The number of aryl methyl sites for hydroxylation is 1. The molecule has 1 unspecified atom stereocenters. The van der Waals surface area contributed by atoms with E-state index < -0.39 is 5.60 Å². The zero-order valence-electron chi connectivity index (χ0n) is 9.08. The Morgan fingerprint density at radius 2 is 1.86 bits per heavy atom. The lowest BCUT2D eigenvalue weighted by molar-refractivity contribution is 0.0816. The Labute approximate surface area is 90.5 Å². The van der Waals surface area contributed by atoms with Crippen LogP contribution in [-0.2, 0) is 0 Å². The van der Waals surface area contributed by atoms with Gasteiger partial charge in [-0.15, -0.1) is 11.8 Å². The molecule has 0 aliphatic rings. The lowest BCUT2D eigenvalue weighted by Crippen LogP contribution is -2.25. The average molecular weight is 210 g/mol. The van der Waals surface area contributed by atoms with E-state index in [2.05, 4.69) is 31.2 Å². The number of hydrogen-bond donors (Lipinski definition) is 1. The molecule has 1 aromatic rings. The second-order valence-corrected chi connectivity index (χ2v) is 5.00. The van der Waals surface area contributed by atoms with E-state index in [1.54, 1.807) is 11.8 Å². The minimum atomic E-state index is -0.546. The zero-order valence-corrected chi connectivity index (χ0v) is 9.90. The van der Waals surface area contributed by atoms with Gasteiger partial charge in [-0.05, 0) is 32.4 Å². The van der Waals surface area contributed by atoms with Crippen LogP contribution in [0, 0.1) is 6.92 Å². The van der Waals surface area contributed by atoms with Crippen molar-refractivity contribution in [2.24, 2.45) is 0 Å². The van der Waals surface area contributed by atoms with Gasteiger partial charge in [0, 0.05) is 10.6 Å². The van der Waals surface area contributed by atoms with Gasteiger partial charge in [-0.25, -0.2) is 0 Å². The van der Waals surface area contributed by atoms with Crippen molar-refractivity contribution in [3.63, 3.8) is 0 Å². The van der Waals surface area contributed by atoms with E-state index in [-0.39, 0.29) is 0 Å². The molecule has 0 aliphatic heterocycles. The molecule has 1 nitrogen and oxygen atoms in total. The lowest BCUT2D eigenvalue weighted by Gasteiger charge is -2.20. The van der Waals surface area contributed by atoms with Crippen LogP contribution < -0.4 is 0 Å². The third-order valence-corrected chi connectivity index (χ3v) is 3.70. The van der Waals surface area contributed by atoms with E-state index in [1.165, 1.54) is 10.5 Å². The second kappa shape index (κ2) is 4.85. The first-order valence-electron chi connectivity index (χ1n) is 4.95. The summed E-state index contributed by atoms with van der Waals surface area (Å²) in [5.74, 6) is 0.757. The van der Waals surface area contributed by atoms with Crippen LogP contribution in [0.2, 0.25) is 0 Å². The van der Waals surface area contributed by atoms with Gasteiger partial charge in [0.15, 0.2) is 0 Å². The molecule has 0 bridgehead atoms. The minimum absolute atomic E-state index is 0.546. The highest BCUT2D eigenvalue weighted by Gasteiger charge is 2.17. The number of thioether (sulfide) groups is 1. The monoisotopic (exact) mass is 210 g/mol. The highest BCUT2D eigenvalue weighted by molar-refractivity contribution is 7.99. The summed E-state index contributed by atoms with van der Waals surface area (Å²) in [6, 6.07) is 8.41. The van der Waals surface area contributed by atoms with Crippen molar-refractivity contribution in [1.29, 1.82) is 0 Å². The number of hydrogen-bond acceptors (Lipinski definition) is 2. The normalized spacial score (nSPS) is 15.1. The lowest BCUT2D eigenvalue weighted by atomic mass is 10.1. The second-order valence-electron chi connectivity index (χ2n) is 3.95. The molecule has 14 heavy (non-hydrogen) atoms. The quantitative estimate of drug-likeness (QED) is 0.770. The standard InChI is InChI=1S/C12H18OS/c1-4-12(3,13)9-14-11-7-5-10(2)6-8-11/h5-8,13H,4,9H2,1-3H3. The van der Waals surface area contributed by atoms with Crippen LogP contribution in [0.25, 0.3) is 0 Å². The maximum Gasteiger partial charge on any atom is 0.0710 e. The Balaban J connectivity index is 2.50.